The molecule has 2 aliphatic rings. The van der Waals surface area contributed by atoms with Gasteiger partial charge >= 0.3 is 5.69 Å². The second-order valence-corrected chi connectivity index (χ2v) is 9.38. The van der Waals surface area contributed by atoms with E-state index in [1.54, 1.807) is 4.57 Å². The zero-order valence-electron chi connectivity index (χ0n) is 18.1. The number of nitrogens with one attached hydrogen (secondary N) is 1. The van der Waals surface area contributed by atoms with E-state index in [4.69, 9.17) is 0 Å². The summed E-state index contributed by atoms with van der Waals surface area (Å²) in [5.74, 6) is 1.48. The van der Waals surface area contributed by atoms with E-state index in [1.165, 1.54) is 43.1 Å². The molecular formula is C25H31N4O2. The molecule has 0 aliphatic heterocycles. The van der Waals surface area contributed by atoms with E-state index in [0.29, 0.717) is 41.9 Å². The Balaban J connectivity index is 1.62. The zero-order chi connectivity index (χ0) is 21.2. The minimum absolute atomic E-state index is 0.180. The van der Waals surface area contributed by atoms with E-state index in [0.717, 1.165) is 31.2 Å². The quantitative estimate of drug-likeness (QED) is 0.661. The van der Waals surface area contributed by atoms with Crippen molar-refractivity contribution in [2.45, 2.75) is 77.3 Å². The summed E-state index contributed by atoms with van der Waals surface area (Å²) < 4.78 is 3.27. The first-order valence-electron chi connectivity index (χ1n) is 11.9. The lowest BCUT2D eigenvalue weighted by molar-refractivity contribution is 0.296. The Morgan fingerprint density at radius 2 is 1.55 bits per heavy atom. The Morgan fingerprint density at radius 1 is 0.903 bits per heavy atom. The number of aromatic nitrogens is 4. The summed E-state index contributed by atoms with van der Waals surface area (Å²) in [6.07, 6.45) is 11.8. The lowest BCUT2D eigenvalue weighted by Crippen LogP contribution is -2.42. The molecule has 2 fully saturated rings. The number of hydrogen-bond acceptors (Lipinski definition) is 3. The van der Waals surface area contributed by atoms with E-state index in [-0.39, 0.29) is 11.2 Å². The average Bonchev–Trinajstić information content (AvgIpc) is 3.27. The van der Waals surface area contributed by atoms with Crippen molar-refractivity contribution < 1.29 is 0 Å². The molecule has 3 aromatic rings. The van der Waals surface area contributed by atoms with Crippen LogP contribution in [0.25, 0.3) is 22.6 Å². The van der Waals surface area contributed by atoms with Gasteiger partial charge in [-0.25, -0.2) is 9.78 Å². The van der Waals surface area contributed by atoms with Crippen LogP contribution in [0.2, 0.25) is 0 Å². The molecule has 0 amide bonds. The first kappa shape index (κ1) is 20.3. The van der Waals surface area contributed by atoms with Gasteiger partial charge in [-0.15, -0.1) is 0 Å². The van der Waals surface area contributed by atoms with Gasteiger partial charge in [0.05, 0.1) is 0 Å². The molecule has 0 unspecified atom stereocenters. The fraction of sp³-hybridized carbons (Fsp3) is 0.560. The van der Waals surface area contributed by atoms with Gasteiger partial charge in [0.1, 0.15) is 11.5 Å². The predicted molar refractivity (Wildman–Crippen MR) is 122 cm³/mol. The maximum absolute atomic E-state index is 13.6. The summed E-state index contributed by atoms with van der Waals surface area (Å²) in [6.45, 7) is 1.17. The van der Waals surface area contributed by atoms with Crippen molar-refractivity contribution in [3.63, 3.8) is 0 Å². The number of hydrogen-bond donors (Lipinski definition) is 1. The molecule has 0 spiro atoms. The molecule has 2 heterocycles. The van der Waals surface area contributed by atoms with Gasteiger partial charge in [-0.3, -0.25) is 13.9 Å². The molecule has 2 saturated carbocycles. The molecule has 2 aliphatic carbocycles. The molecule has 1 aromatic carbocycles. The number of fused-ring (bicyclic) bond motifs is 1. The third kappa shape index (κ3) is 4.12. The summed E-state index contributed by atoms with van der Waals surface area (Å²) in [5.41, 5.74) is 1.30. The van der Waals surface area contributed by atoms with Crippen LogP contribution >= 0.6 is 0 Å². The van der Waals surface area contributed by atoms with Crippen LogP contribution in [0.3, 0.4) is 0 Å². The Kier molecular flexibility index (Phi) is 5.79. The molecule has 163 valence electrons. The van der Waals surface area contributed by atoms with Crippen LogP contribution < -0.4 is 11.2 Å². The molecule has 1 N–H and O–H groups in total. The highest BCUT2D eigenvalue weighted by atomic mass is 16.2. The van der Waals surface area contributed by atoms with Crippen molar-refractivity contribution in [1.82, 2.24) is 19.1 Å². The standard InChI is InChI=1S/C25H31N4O2/c30-24-21-23(27-22(26-21)20-14-8-3-9-15-20)28(16-18-10-4-1-5-11-18)25(31)29(24)17-19-12-6-2-7-13-19/h3,8-9,14,18-19H,1-2,4-7,10-13,16-17H2,(H,26,27). The fourth-order valence-corrected chi connectivity index (χ4v) is 5.42. The molecule has 6 heteroatoms. The Morgan fingerprint density at radius 3 is 2.16 bits per heavy atom. The number of benzene rings is 1. The number of H-pyrrole nitrogens is 1. The largest absolute Gasteiger partial charge is 0.332 e. The van der Waals surface area contributed by atoms with Gasteiger partial charge in [-0.05, 0) is 43.6 Å². The van der Waals surface area contributed by atoms with Crippen molar-refractivity contribution in [3.05, 3.63) is 51.2 Å². The van der Waals surface area contributed by atoms with Crippen molar-refractivity contribution in [2.75, 3.05) is 0 Å². The van der Waals surface area contributed by atoms with Crippen molar-refractivity contribution in [2.24, 2.45) is 11.8 Å². The summed E-state index contributed by atoms with van der Waals surface area (Å²) in [5, 5.41) is 0. The minimum atomic E-state index is -0.260. The monoisotopic (exact) mass is 419 g/mol. The Hall–Kier alpha value is -2.63. The molecule has 0 bridgehead atoms. The SMILES string of the molecule is O=c1c2nc(-c3[c]cccc3)[nH]c2n(CC2CCCCC2)c(=O)n1CC1CCCCC1. The molecule has 6 nitrogen and oxygen atoms in total. The van der Waals surface area contributed by atoms with Crippen LogP contribution in [-0.2, 0) is 13.1 Å². The van der Waals surface area contributed by atoms with Gasteiger partial charge in [0.15, 0.2) is 5.52 Å². The fourth-order valence-electron chi connectivity index (χ4n) is 5.42. The van der Waals surface area contributed by atoms with Gasteiger partial charge in [-0.1, -0.05) is 62.8 Å². The number of aromatic amines is 1. The van der Waals surface area contributed by atoms with Gasteiger partial charge in [0.25, 0.3) is 5.56 Å². The van der Waals surface area contributed by atoms with Gasteiger partial charge < -0.3 is 4.98 Å². The van der Waals surface area contributed by atoms with Crippen LogP contribution in [0, 0.1) is 17.9 Å². The smallest absolute Gasteiger partial charge is 0.324 e. The van der Waals surface area contributed by atoms with E-state index < -0.39 is 0 Å². The maximum atomic E-state index is 13.6. The number of nitrogens with zero attached hydrogens (tertiary/aromatic N) is 3. The van der Waals surface area contributed by atoms with Gasteiger partial charge in [0, 0.05) is 18.7 Å². The third-order valence-corrected chi connectivity index (χ3v) is 7.16. The predicted octanol–water partition coefficient (Wildman–Crippen LogP) is 4.51. The second kappa shape index (κ2) is 8.85. The van der Waals surface area contributed by atoms with Crippen LogP contribution in [0.15, 0.2) is 33.9 Å². The van der Waals surface area contributed by atoms with Crippen LogP contribution in [-0.4, -0.2) is 19.1 Å². The molecular weight excluding hydrogens is 388 g/mol. The van der Waals surface area contributed by atoms with E-state index >= 15 is 0 Å². The normalized spacial score (nSPS) is 18.6. The summed E-state index contributed by atoms with van der Waals surface area (Å²) in [6, 6.07) is 10.8. The summed E-state index contributed by atoms with van der Waals surface area (Å²) >= 11 is 0. The molecule has 2 aromatic heterocycles. The lowest BCUT2D eigenvalue weighted by Gasteiger charge is -2.24. The Labute approximate surface area is 182 Å². The lowest BCUT2D eigenvalue weighted by atomic mass is 9.89. The minimum Gasteiger partial charge on any atom is -0.324 e. The highest BCUT2D eigenvalue weighted by molar-refractivity contribution is 5.75. The highest BCUT2D eigenvalue weighted by Crippen LogP contribution is 2.27. The third-order valence-electron chi connectivity index (χ3n) is 7.16. The average molecular weight is 420 g/mol. The molecule has 1 radical (unpaired) electrons. The number of imidazole rings is 1. The number of rotatable bonds is 5. The van der Waals surface area contributed by atoms with Crippen molar-refractivity contribution in [1.29, 1.82) is 0 Å². The Bertz CT molecular complexity index is 1150. The van der Waals surface area contributed by atoms with Crippen LogP contribution in [0.1, 0.15) is 64.2 Å². The van der Waals surface area contributed by atoms with E-state index in [9.17, 15) is 9.59 Å². The summed E-state index contributed by atoms with van der Waals surface area (Å²) in [4.78, 5) is 34.9. The summed E-state index contributed by atoms with van der Waals surface area (Å²) in [7, 11) is 0. The zero-order valence-corrected chi connectivity index (χ0v) is 18.1. The van der Waals surface area contributed by atoms with Crippen molar-refractivity contribution >= 4 is 11.2 Å². The van der Waals surface area contributed by atoms with E-state index in [2.05, 4.69) is 16.0 Å². The second-order valence-electron chi connectivity index (χ2n) is 9.38. The van der Waals surface area contributed by atoms with Gasteiger partial charge in [-0.2, -0.15) is 0 Å². The highest BCUT2D eigenvalue weighted by Gasteiger charge is 2.23. The first-order valence-corrected chi connectivity index (χ1v) is 11.9. The van der Waals surface area contributed by atoms with Gasteiger partial charge in [0.2, 0.25) is 0 Å². The van der Waals surface area contributed by atoms with Crippen LogP contribution in [0.4, 0.5) is 0 Å². The maximum Gasteiger partial charge on any atom is 0.332 e. The molecule has 5 rings (SSSR count). The van der Waals surface area contributed by atoms with E-state index in [1.807, 2.05) is 24.3 Å². The molecule has 0 atom stereocenters. The topological polar surface area (TPSA) is 72.7 Å². The van der Waals surface area contributed by atoms with Crippen molar-refractivity contribution in [3.8, 4) is 11.4 Å². The van der Waals surface area contributed by atoms with Crippen LogP contribution in [0.5, 0.6) is 0 Å². The first-order chi connectivity index (χ1) is 15.2. The molecule has 0 saturated heterocycles. The molecule has 31 heavy (non-hydrogen) atoms.